The minimum atomic E-state index is 0.304. The molecule has 0 radical (unpaired) electrons. The van der Waals surface area contributed by atoms with E-state index in [0.29, 0.717) is 27.6 Å². The SMILES string of the molecule is N#Cc1nccnc1NC1CCN(Cc2ccc(Cl)c(Cl)c2)CC1. The van der Waals surface area contributed by atoms with Crippen LogP contribution in [-0.2, 0) is 6.54 Å². The molecule has 1 aromatic carbocycles. The molecule has 1 N–H and O–H groups in total. The van der Waals surface area contributed by atoms with Crippen LogP contribution in [0.25, 0.3) is 0 Å². The molecule has 1 aliphatic rings. The number of anilines is 1. The lowest BCUT2D eigenvalue weighted by atomic mass is 10.0. The van der Waals surface area contributed by atoms with Crippen LogP contribution in [0, 0.1) is 11.3 Å². The number of nitriles is 1. The molecule has 3 rings (SSSR count). The number of aromatic nitrogens is 2. The third-order valence-corrected chi connectivity index (χ3v) is 4.86. The molecule has 1 saturated heterocycles. The van der Waals surface area contributed by atoms with Crippen LogP contribution in [0.3, 0.4) is 0 Å². The lowest BCUT2D eigenvalue weighted by molar-refractivity contribution is 0.211. The normalized spacial score (nSPS) is 15.9. The van der Waals surface area contributed by atoms with Gasteiger partial charge >= 0.3 is 0 Å². The molecule has 2 aromatic rings. The molecule has 1 aromatic heterocycles. The Bertz CT molecular complexity index is 751. The van der Waals surface area contributed by atoms with Gasteiger partial charge in [-0.15, -0.1) is 0 Å². The molecule has 0 unspecified atom stereocenters. The van der Waals surface area contributed by atoms with Gasteiger partial charge in [-0.05, 0) is 30.5 Å². The molecule has 124 valence electrons. The molecule has 0 aliphatic carbocycles. The van der Waals surface area contributed by atoms with Crippen molar-refractivity contribution in [3.63, 3.8) is 0 Å². The number of hydrogen-bond donors (Lipinski definition) is 1. The maximum atomic E-state index is 9.08. The maximum absolute atomic E-state index is 9.08. The molecule has 5 nitrogen and oxygen atoms in total. The lowest BCUT2D eigenvalue weighted by Gasteiger charge is -2.32. The fourth-order valence-corrected chi connectivity index (χ4v) is 3.17. The highest BCUT2D eigenvalue weighted by atomic mass is 35.5. The van der Waals surface area contributed by atoms with Gasteiger partial charge in [0.05, 0.1) is 10.0 Å². The fraction of sp³-hybridized carbons (Fsp3) is 0.353. The van der Waals surface area contributed by atoms with Crippen LogP contribution in [-0.4, -0.2) is 34.0 Å². The van der Waals surface area contributed by atoms with E-state index in [1.807, 2.05) is 18.2 Å². The maximum Gasteiger partial charge on any atom is 0.182 e. The molecule has 0 spiro atoms. The van der Waals surface area contributed by atoms with E-state index in [1.54, 1.807) is 6.20 Å². The second kappa shape index (κ2) is 7.80. The Kier molecular flexibility index (Phi) is 5.52. The molecule has 0 atom stereocenters. The number of halogens is 2. The highest BCUT2D eigenvalue weighted by molar-refractivity contribution is 6.42. The summed E-state index contributed by atoms with van der Waals surface area (Å²) in [4.78, 5) is 10.6. The molecular formula is C17H17Cl2N5. The predicted molar refractivity (Wildman–Crippen MR) is 95.1 cm³/mol. The molecule has 0 saturated carbocycles. The van der Waals surface area contributed by atoms with Crippen LogP contribution >= 0.6 is 23.2 Å². The van der Waals surface area contributed by atoms with E-state index >= 15 is 0 Å². The first-order valence-electron chi connectivity index (χ1n) is 7.79. The van der Waals surface area contributed by atoms with Gasteiger partial charge in [0.25, 0.3) is 0 Å². The zero-order valence-electron chi connectivity index (χ0n) is 13.0. The largest absolute Gasteiger partial charge is 0.365 e. The monoisotopic (exact) mass is 361 g/mol. The van der Waals surface area contributed by atoms with Crippen LogP contribution in [0.4, 0.5) is 5.82 Å². The Balaban J connectivity index is 1.54. The first kappa shape index (κ1) is 17.0. The second-order valence-corrected chi connectivity index (χ2v) is 6.62. The number of nitrogens with one attached hydrogen (secondary N) is 1. The summed E-state index contributed by atoms with van der Waals surface area (Å²) in [7, 11) is 0. The Morgan fingerprint density at radius 1 is 1.17 bits per heavy atom. The molecule has 24 heavy (non-hydrogen) atoms. The molecule has 0 amide bonds. The minimum absolute atomic E-state index is 0.304. The topological polar surface area (TPSA) is 64.8 Å². The van der Waals surface area contributed by atoms with Gasteiger partial charge in [-0.2, -0.15) is 5.26 Å². The Morgan fingerprint density at radius 2 is 1.92 bits per heavy atom. The smallest absolute Gasteiger partial charge is 0.182 e. The van der Waals surface area contributed by atoms with E-state index in [0.717, 1.165) is 38.0 Å². The van der Waals surface area contributed by atoms with E-state index < -0.39 is 0 Å². The Labute approximate surface area is 151 Å². The molecule has 1 aliphatic heterocycles. The van der Waals surface area contributed by atoms with Crippen molar-refractivity contribution in [1.29, 1.82) is 5.26 Å². The second-order valence-electron chi connectivity index (χ2n) is 5.81. The van der Waals surface area contributed by atoms with Crippen molar-refractivity contribution in [2.75, 3.05) is 18.4 Å². The third-order valence-electron chi connectivity index (χ3n) is 4.12. The van der Waals surface area contributed by atoms with Crippen molar-refractivity contribution >= 4 is 29.0 Å². The lowest BCUT2D eigenvalue weighted by Crippen LogP contribution is -2.39. The molecule has 1 fully saturated rings. The van der Waals surface area contributed by atoms with Gasteiger partial charge in [-0.25, -0.2) is 9.97 Å². The molecular weight excluding hydrogens is 345 g/mol. The van der Waals surface area contributed by atoms with Gasteiger partial charge in [-0.3, -0.25) is 4.90 Å². The number of rotatable bonds is 4. The number of nitrogens with zero attached hydrogens (tertiary/aromatic N) is 4. The first-order valence-corrected chi connectivity index (χ1v) is 8.55. The summed E-state index contributed by atoms with van der Waals surface area (Å²) in [5.74, 6) is 0.572. The van der Waals surface area contributed by atoms with Gasteiger partial charge in [-0.1, -0.05) is 29.3 Å². The van der Waals surface area contributed by atoms with Crippen molar-refractivity contribution in [3.8, 4) is 6.07 Å². The van der Waals surface area contributed by atoms with Gasteiger partial charge in [0.15, 0.2) is 11.5 Å². The van der Waals surface area contributed by atoms with E-state index in [9.17, 15) is 0 Å². The van der Waals surface area contributed by atoms with Crippen LogP contribution < -0.4 is 5.32 Å². The van der Waals surface area contributed by atoms with Crippen molar-refractivity contribution < 1.29 is 0 Å². The molecule has 7 heteroatoms. The van der Waals surface area contributed by atoms with Crippen molar-refractivity contribution in [3.05, 3.63) is 51.9 Å². The first-order chi connectivity index (χ1) is 11.7. The van der Waals surface area contributed by atoms with Gasteiger partial charge in [0.2, 0.25) is 0 Å². The highest BCUT2D eigenvalue weighted by Crippen LogP contribution is 2.24. The van der Waals surface area contributed by atoms with Crippen LogP contribution in [0.1, 0.15) is 24.1 Å². The van der Waals surface area contributed by atoms with Crippen molar-refractivity contribution in [1.82, 2.24) is 14.9 Å². The molecule has 0 bridgehead atoms. The quantitative estimate of drug-likeness (QED) is 0.898. The summed E-state index contributed by atoms with van der Waals surface area (Å²) in [6, 6.07) is 8.14. The number of benzene rings is 1. The third kappa shape index (κ3) is 4.15. The van der Waals surface area contributed by atoms with Crippen LogP contribution in [0.2, 0.25) is 10.0 Å². The number of likely N-dealkylation sites (tertiary alicyclic amines) is 1. The van der Waals surface area contributed by atoms with E-state index in [-0.39, 0.29) is 0 Å². The number of piperidine rings is 1. The van der Waals surface area contributed by atoms with E-state index in [2.05, 4.69) is 26.3 Å². The van der Waals surface area contributed by atoms with E-state index in [1.165, 1.54) is 6.20 Å². The standard InChI is InChI=1S/C17H17Cl2N5/c18-14-2-1-12(9-15(14)19)11-24-7-3-13(4-8-24)23-17-16(10-20)21-5-6-22-17/h1-2,5-6,9,13H,3-4,7-8,11H2,(H,22,23). The summed E-state index contributed by atoms with van der Waals surface area (Å²) in [6.07, 6.45) is 5.11. The average molecular weight is 362 g/mol. The Hall–Kier alpha value is -1.87. The summed E-state index contributed by atoms with van der Waals surface area (Å²) >= 11 is 12.0. The summed E-state index contributed by atoms with van der Waals surface area (Å²) in [5, 5.41) is 13.6. The summed E-state index contributed by atoms with van der Waals surface area (Å²) in [6.45, 7) is 2.80. The zero-order valence-corrected chi connectivity index (χ0v) is 14.6. The van der Waals surface area contributed by atoms with E-state index in [4.69, 9.17) is 28.5 Å². The van der Waals surface area contributed by atoms with Crippen molar-refractivity contribution in [2.24, 2.45) is 0 Å². The summed E-state index contributed by atoms with van der Waals surface area (Å²) in [5.41, 5.74) is 1.51. The zero-order chi connectivity index (χ0) is 16.9. The Morgan fingerprint density at radius 3 is 2.62 bits per heavy atom. The highest BCUT2D eigenvalue weighted by Gasteiger charge is 2.20. The van der Waals surface area contributed by atoms with Crippen molar-refractivity contribution in [2.45, 2.75) is 25.4 Å². The summed E-state index contributed by atoms with van der Waals surface area (Å²) < 4.78 is 0. The van der Waals surface area contributed by atoms with Crippen LogP contribution in [0.5, 0.6) is 0 Å². The fourth-order valence-electron chi connectivity index (χ4n) is 2.85. The average Bonchev–Trinajstić information content (AvgIpc) is 2.60. The minimum Gasteiger partial charge on any atom is -0.365 e. The molecule has 2 heterocycles. The van der Waals surface area contributed by atoms with Gasteiger partial charge < -0.3 is 5.32 Å². The van der Waals surface area contributed by atoms with Gasteiger partial charge in [0, 0.05) is 38.1 Å². The number of hydrogen-bond acceptors (Lipinski definition) is 5. The van der Waals surface area contributed by atoms with Crippen LogP contribution in [0.15, 0.2) is 30.6 Å². The predicted octanol–water partition coefficient (Wildman–Crippen LogP) is 3.73. The van der Waals surface area contributed by atoms with Gasteiger partial charge in [0.1, 0.15) is 6.07 Å².